The zero-order chi connectivity index (χ0) is 19.3. The summed E-state index contributed by atoms with van der Waals surface area (Å²) in [5, 5.41) is 9.92. The van der Waals surface area contributed by atoms with Crippen LogP contribution >= 0.6 is 0 Å². The highest BCUT2D eigenvalue weighted by Gasteiger charge is 2.16. The van der Waals surface area contributed by atoms with Gasteiger partial charge in [-0.05, 0) is 48.6 Å². The molecule has 0 bridgehead atoms. The van der Waals surface area contributed by atoms with Crippen molar-refractivity contribution >= 4 is 28.6 Å². The summed E-state index contributed by atoms with van der Waals surface area (Å²) in [6, 6.07) is 18.7. The maximum Gasteiger partial charge on any atom is 0.185 e. The van der Waals surface area contributed by atoms with E-state index in [1.54, 1.807) is 30.3 Å². The lowest BCUT2D eigenvalue weighted by molar-refractivity contribution is 0.104. The van der Waals surface area contributed by atoms with Crippen molar-refractivity contribution in [2.75, 3.05) is 31.2 Å². The molecule has 0 amide bonds. The number of carbonyl (C=O) groups is 1. The van der Waals surface area contributed by atoms with Crippen molar-refractivity contribution in [2.45, 2.75) is 0 Å². The van der Waals surface area contributed by atoms with E-state index in [4.69, 9.17) is 15.0 Å². The van der Waals surface area contributed by atoms with Gasteiger partial charge in [0.15, 0.2) is 5.78 Å². The van der Waals surface area contributed by atoms with Gasteiger partial charge in [-0.2, -0.15) is 5.26 Å². The van der Waals surface area contributed by atoms with Crippen LogP contribution in [0.25, 0.3) is 17.0 Å². The van der Waals surface area contributed by atoms with Crippen LogP contribution in [-0.4, -0.2) is 37.1 Å². The summed E-state index contributed by atoms with van der Waals surface area (Å²) in [7, 11) is 0. The fourth-order valence-electron chi connectivity index (χ4n) is 3.24. The van der Waals surface area contributed by atoms with E-state index in [2.05, 4.69) is 17.0 Å². The number of allylic oxidation sites excluding steroid dienone is 1. The van der Waals surface area contributed by atoms with E-state index >= 15 is 0 Å². The molecular formula is C23H19N3O2. The molecule has 1 saturated heterocycles. The van der Waals surface area contributed by atoms with Gasteiger partial charge >= 0.3 is 0 Å². The van der Waals surface area contributed by atoms with Crippen LogP contribution in [-0.2, 0) is 4.74 Å². The van der Waals surface area contributed by atoms with E-state index in [0.717, 1.165) is 35.4 Å². The number of ether oxygens (including phenoxy) is 1. The van der Waals surface area contributed by atoms with Crippen molar-refractivity contribution in [2.24, 2.45) is 0 Å². The number of para-hydroxylation sites is 1. The third-order valence-electron chi connectivity index (χ3n) is 4.76. The van der Waals surface area contributed by atoms with Crippen LogP contribution in [0.4, 0.5) is 5.82 Å². The lowest BCUT2D eigenvalue weighted by Crippen LogP contribution is -2.37. The zero-order valence-corrected chi connectivity index (χ0v) is 15.3. The van der Waals surface area contributed by atoms with Gasteiger partial charge in [-0.15, -0.1) is 0 Å². The standard InChI is InChI=1S/C23H19N3O2/c24-16-17-5-7-18(8-6-17)22(27)10-9-20-15-19-3-1-2-4-21(19)25-23(20)26-11-13-28-14-12-26/h1-10,15H,11-14H2. The molecule has 4 rings (SSSR count). The monoisotopic (exact) mass is 369 g/mol. The third-order valence-corrected chi connectivity index (χ3v) is 4.76. The largest absolute Gasteiger partial charge is 0.378 e. The molecule has 1 aromatic heterocycles. The lowest BCUT2D eigenvalue weighted by Gasteiger charge is -2.29. The van der Waals surface area contributed by atoms with Crippen LogP contribution in [0, 0.1) is 11.3 Å². The number of anilines is 1. The molecule has 5 nitrogen and oxygen atoms in total. The predicted molar refractivity (Wildman–Crippen MR) is 109 cm³/mol. The highest BCUT2D eigenvalue weighted by atomic mass is 16.5. The number of carbonyl (C=O) groups excluding carboxylic acids is 1. The minimum atomic E-state index is -0.106. The molecule has 0 unspecified atom stereocenters. The predicted octanol–water partition coefficient (Wildman–Crippen LogP) is 3.84. The Bertz CT molecular complexity index is 1080. The van der Waals surface area contributed by atoms with Gasteiger partial charge < -0.3 is 9.64 Å². The number of aromatic nitrogens is 1. The van der Waals surface area contributed by atoms with Crippen molar-refractivity contribution in [1.29, 1.82) is 5.26 Å². The van der Waals surface area contributed by atoms with Gasteiger partial charge in [0.05, 0.1) is 30.4 Å². The molecule has 1 fully saturated rings. The van der Waals surface area contributed by atoms with E-state index in [1.165, 1.54) is 0 Å². The average molecular weight is 369 g/mol. The van der Waals surface area contributed by atoms with Crippen LogP contribution in [0.2, 0.25) is 0 Å². The van der Waals surface area contributed by atoms with E-state index in [9.17, 15) is 4.79 Å². The minimum absolute atomic E-state index is 0.106. The van der Waals surface area contributed by atoms with Gasteiger partial charge in [0.2, 0.25) is 0 Å². The second-order valence-electron chi connectivity index (χ2n) is 6.58. The zero-order valence-electron chi connectivity index (χ0n) is 15.3. The number of fused-ring (bicyclic) bond motifs is 1. The smallest absolute Gasteiger partial charge is 0.185 e. The molecule has 1 aliphatic rings. The molecule has 5 heteroatoms. The fraction of sp³-hybridized carbons (Fsp3) is 0.174. The highest BCUT2D eigenvalue weighted by molar-refractivity contribution is 6.07. The molecule has 0 atom stereocenters. The van der Waals surface area contributed by atoms with Crippen molar-refractivity contribution in [3.8, 4) is 6.07 Å². The SMILES string of the molecule is N#Cc1ccc(C(=O)C=Cc2cc3ccccc3nc2N2CCOCC2)cc1. The summed E-state index contributed by atoms with van der Waals surface area (Å²) in [5.74, 6) is 0.761. The van der Waals surface area contributed by atoms with Crippen LogP contribution < -0.4 is 4.90 Å². The molecule has 138 valence electrons. The molecule has 0 spiro atoms. The summed E-state index contributed by atoms with van der Waals surface area (Å²) in [6.07, 6.45) is 3.39. The van der Waals surface area contributed by atoms with Crippen LogP contribution in [0.3, 0.4) is 0 Å². The average Bonchev–Trinajstić information content (AvgIpc) is 2.77. The highest BCUT2D eigenvalue weighted by Crippen LogP contribution is 2.26. The first-order chi connectivity index (χ1) is 13.7. The first kappa shape index (κ1) is 17.9. The number of benzene rings is 2. The lowest BCUT2D eigenvalue weighted by atomic mass is 10.1. The Kier molecular flexibility index (Phi) is 5.14. The number of hydrogen-bond donors (Lipinski definition) is 0. The van der Waals surface area contributed by atoms with E-state index in [1.807, 2.05) is 30.3 Å². The molecule has 0 radical (unpaired) electrons. The molecule has 0 N–H and O–H groups in total. The van der Waals surface area contributed by atoms with Crippen molar-refractivity contribution in [3.05, 3.63) is 77.4 Å². The minimum Gasteiger partial charge on any atom is -0.378 e. The number of nitrogens with zero attached hydrogens (tertiary/aromatic N) is 3. The Balaban J connectivity index is 1.68. The number of hydrogen-bond acceptors (Lipinski definition) is 5. The van der Waals surface area contributed by atoms with Gasteiger partial charge in [-0.3, -0.25) is 4.79 Å². The second kappa shape index (κ2) is 8.03. The molecule has 0 aliphatic carbocycles. The molecule has 2 heterocycles. The number of nitriles is 1. The first-order valence-corrected chi connectivity index (χ1v) is 9.20. The topological polar surface area (TPSA) is 66.2 Å². The summed E-state index contributed by atoms with van der Waals surface area (Å²) in [5.41, 5.74) is 2.92. The number of rotatable bonds is 4. The Morgan fingerprint density at radius 1 is 1.11 bits per heavy atom. The summed E-state index contributed by atoms with van der Waals surface area (Å²) in [6.45, 7) is 2.88. The Morgan fingerprint density at radius 2 is 1.86 bits per heavy atom. The number of pyridine rings is 1. The number of morpholine rings is 1. The third kappa shape index (κ3) is 3.78. The summed E-state index contributed by atoms with van der Waals surface area (Å²) >= 11 is 0. The second-order valence-corrected chi connectivity index (χ2v) is 6.58. The normalized spacial score (nSPS) is 14.3. The molecule has 3 aromatic rings. The van der Waals surface area contributed by atoms with Crippen LogP contribution in [0.1, 0.15) is 21.5 Å². The quantitative estimate of drug-likeness (QED) is 0.516. The van der Waals surface area contributed by atoms with Gasteiger partial charge in [0.25, 0.3) is 0 Å². The van der Waals surface area contributed by atoms with Gasteiger partial charge in [0.1, 0.15) is 5.82 Å². The van der Waals surface area contributed by atoms with Crippen molar-refractivity contribution in [1.82, 2.24) is 4.98 Å². The first-order valence-electron chi connectivity index (χ1n) is 9.20. The number of ketones is 1. The molecule has 1 aliphatic heterocycles. The van der Waals surface area contributed by atoms with E-state index in [0.29, 0.717) is 24.3 Å². The van der Waals surface area contributed by atoms with Crippen molar-refractivity contribution < 1.29 is 9.53 Å². The van der Waals surface area contributed by atoms with Gasteiger partial charge in [-0.25, -0.2) is 4.98 Å². The summed E-state index contributed by atoms with van der Waals surface area (Å²) < 4.78 is 5.46. The Morgan fingerprint density at radius 3 is 2.61 bits per heavy atom. The Hall–Kier alpha value is -3.49. The fourth-order valence-corrected chi connectivity index (χ4v) is 3.24. The molecule has 2 aromatic carbocycles. The van der Waals surface area contributed by atoms with Gasteiger partial charge in [0, 0.05) is 29.6 Å². The maximum atomic E-state index is 12.5. The molecule has 28 heavy (non-hydrogen) atoms. The van der Waals surface area contributed by atoms with E-state index in [-0.39, 0.29) is 5.78 Å². The summed E-state index contributed by atoms with van der Waals surface area (Å²) in [4.78, 5) is 19.6. The molecular weight excluding hydrogens is 350 g/mol. The maximum absolute atomic E-state index is 12.5. The Labute approximate surface area is 163 Å². The van der Waals surface area contributed by atoms with Gasteiger partial charge in [-0.1, -0.05) is 18.2 Å². The van der Waals surface area contributed by atoms with E-state index < -0.39 is 0 Å². The van der Waals surface area contributed by atoms with Crippen LogP contribution in [0.5, 0.6) is 0 Å². The molecule has 0 saturated carbocycles. The van der Waals surface area contributed by atoms with Crippen LogP contribution in [0.15, 0.2) is 60.7 Å². The van der Waals surface area contributed by atoms with Crippen molar-refractivity contribution in [3.63, 3.8) is 0 Å².